The van der Waals surface area contributed by atoms with E-state index in [1.807, 2.05) is 12.4 Å². The van der Waals surface area contributed by atoms with Crippen molar-refractivity contribution in [2.45, 2.75) is 26.4 Å². The van der Waals surface area contributed by atoms with Gasteiger partial charge in [-0.1, -0.05) is 18.2 Å². The molecule has 2 nitrogen and oxygen atoms in total. The molecule has 0 amide bonds. The minimum atomic E-state index is 0.525. The zero-order chi connectivity index (χ0) is 9.26. The molecular formula is C11H14N2. The summed E-state index contributed by atoms with van der Waals surface area (Å²) in [5.74, 6) is 0. The van der Waals surface area contributed by atoms with Crippen molar-refractivity contribution in [3.05, 3.63) is 29.8 Å². The van der Waals surface area contributed by atoms with E-state index in [1.54, 1.807) is 0 Å². The first-order valence-electron chi connectivity index (χ1n) is 4.65. The van der Waals surface area contributed by atoms with Crippen LogP contribution in [0.2, 0.25) is 0 Å². The Kier molecular flexibility index (Phi) is 2.05. The second kappa shape index (κ2) is 3.21. The monoisotopic (exact) mass is 174 g/mol. The Hall–Kier alpha value is -1.31. The average molecular weight is 174 g/mol. The molecule has 0 spiro atoms. The Labute approximate surface area is 78.9 Å². The van der Waals surface area contributed by atoms with Crippen LogP contribution in [0.1, 0.15) is 19.4 Å². The first-order chi connectivity index (χ1) is 6.27. The molecule has 0 saturated carbocycles. The zero-order valence-electron chi connectivity index (χ0n) is 8.07. The summed E-state index contributed by atoms with van der Waals surface area (Å²) in [5.41, 5.74) is 2.43. The summed E-state index contributed by atoms with van der Waals surface area (Å²) < 4.78 is 0. The van der Waals surface area contributed by atoms with E-state index in [9.17, 15) is 0 Å². The van der Waals surface area contributed by atoms with Crippen LogP contribution < -0.4 is 0 Å². The van der Waals surface area contributed by atoms with Crippen LogP contribution in [-0.4, -0.2) is 17.3 Å². The van der Waals surface area contributed by atoms with Gasteiger partial charge >= 0.3 is 0 Å². The van der Waals surface area contributed by atoms with Crippen LogP contribution in [0.5, 0.6) is 0 Å². The second-order valence-corrected chi connectivity index (χ2v) is 3.64. The van der Waals surface area contributed by atoms with Gasteiger partial charge in [-0.2, -0.15) is 0 Å². The Morgan fingerprint density at radius 1 is 1.31 bits per heavy atom. The van der Waals surface area contributed by atoms with Crippen molar-refractivity contribution in [2.24, 2.45) is 4.99 Å². The minimum absolute atomic E-state index is 0.525. The summed E-state index contributed by atoms with van der Waals surface area (Å²) in [5, 5.41) is 0. The summed E-state index contributed by atoms with van der Waals surface area (Å²) in [7, 11) is 0. The number of aliphatic imine (C=N–C) groups is 1. The summed E-state index contributed by atoms with van der Waals surface area (Å²) in [6.45, 7) is 5.34. The maximum absolute atomic E-state index is 4.40. The smallest absolute Gasteiger partial charge is 0.0917 e. The molecule has 0 atom stereocenters. The molecular weight excluding hydrogens is 160 g/mol. The molecule has 0 radical (unpaired) electrons. The second-order valence-electron chi connectivity index (χ2n) is 3.64. The van der Waals surface area contributed by atoms with Gasteiger partial charge in [0, 0.05) is 12.6 Å². The van der Waals surface area contributed by atoms with Crippen LogP contribution in [0, 0.1) is 0 Å². The van der Waals surface area contributed by atoms with Crippen LogP contribution in [0.3, 0.4) is 0 Å². The number of hydrogen-bond donors (Lipinski definition) is 0. The van der Waals surface area contributed by atoms with E-state index in [0.717, 1.165) is 12.2 Å². The maximum Gasteiger partial charge on any atom is 0.0917 e. The molecule has 1 aromatic rings. The predicted octanol–water partition coefficient (Wildman–Crippen LogP) is 2.57. The van der Waals surface area contributed by atoms with Gasteiger partial charge in [0.15, 0.2) is 0 Å². The van der Waals surface area contributed by atoms with Crippen LogP contribution >= 0.6 is 0 Å². The molecule has 0 unspecified atom stereocenters. The van der Waals surface area contributed by atoms with E-state index in [-0.39, 0.29) is 0 Å². The van der Waals surface area contributed by atoms with Crippen LogP contribution in [0.4, 0.5) is 5.69 Å². The first-order valence-corrected chi connectivity index (χ1v) is 4.65. The van der Waals surface area contributed by atoms with E-state index in [0.29, 0.717) is 6.04 Å². The number of benzene rings is 1. The standard InChI is InChI=1S/C11H14N2/c1-9(2)13-7-10-5-3-4-6-11(10)12-8-13/h3-6,8-9H,7H2,1-2H3. The molecule has 1 heterocycles. The lowest BCUT2D eigenvalue weighted by Gasteiger charge is -2.27. The van der Waals surface area contributed by atoms with Crippen molar-refractivity contribution in [1.29, 1.82) is 0 Å². The van der Waals surface area contributed by atoms with Crippen molar-refractivity contribution >= 4 is 12.0 Å². The Bertz CT molecular complexity index is 329. The lowest BCUT2D eigenvalue weighted by atomic mass is 10.1. The first kappa shape index (κ1) is 8.30. The average Bonchev–Trinajstić information content (AvgIpc) is 2.17. The molecule has 2 rings (SSSR count). The van der Waals surface area contributed by atoms with Gasteiger partial charge in [0.05, 0.1) is 12.0 Å². The maximum atomic E-state index is 4.40. The van der Waals surface area contributed by atoms with Gasteiger partial charge in [-0.3, -0.25) is 0 Å². The SMILES string of the molecule is CC(C)N1C=Nc2ccccc2C1. The molecule has 1 aromatic carbocycles. The summed E-state index contributed by atoms with van der Waals surface area (Å²) in [6.07, 6.45) is 1.94. The summed E-state index contributed by atoms with van der Waals surface area (Å²) in [4.78, 5) is 6.64. The third kappa shape index (κ3) is 1.57. The van der Waals surface area contributed by atoms with Crippen LogP contribution in [0.15, 0.2) is 29.3 Å². The minimum Gasteiger partial charge on any atom is -0.356 e. The van der Waals surface area contributed by atoms with Crippen molar-refractivity contribution in [3.63, 3.8) is 0 Å². The van der Waals surface area contributed by atoms with Gasteiger partial charge in [-0.25, -0.2) is 4.99 Å². The van der Waals surface area contributed by atoms with Crippen molar-refractivity contribution in [3.8, 4) is 0 Å². The van der Waals surface area contributed by atoms with E-state index in [1.165, 1.54) is 5.56 Å². The molecule has 0 aliphatic carbocycles. The van der Waals surface area contributed by atoms with Crippen LogP contribution in [0.25, 0.3) is 0 Å². The lowest BCUT2D eigenvalue weighted by Crippen LogP contribution is -2.30. The Morgan fingerprint density at radius 2 is 2.08 bits per heavy atom. The number of rotatable bonds is 1. The largest absolute Gasteiger partial charge is 0.356 e. The molecule has 2 heteroatoms. The van der Waals surface area contributed by atoms with E-state index in [2.05, 4.69) is 41.9 Å². The van der Waals surface area contributed by atoms with E-state index < -0.39 is 0 Å². The fraction of sp³-hybridized carbons (Fsp3) is 0.364. The van der Waals surface area contributed by atoms with Gasteiger partial charge in [0.2, 0.25) is 0 Å². The molecule has 1 aliphatic rings. The van der Waals surface area contributed by atoms with E-state index in [4.69, 9.17) is 0 Å². The molecule has 1 aliphatic heterocycles. The molecule has 0 saturated heterocycles. The lowest BCUT2D eigenvalue weighted by molar-refractivity contribution is 0.349. The molecule has 0 N–H and O–H groups in total. The third-order valence-electron chi connectivity index (χ3n) is 2.35. The summed E-state index contributed by atoms with van der Waals surface area (Å²) in [6, 6.07) is 8.82. The molecule has 0 bridgehead atoms. The van der Waals surface area contributed by atoms with Gasteiger partial charge in [0.1, 0.15) is 0 Å². The topological polar surface area (TPSA) is 15.6 Å². The van der Waals surface area contributed by atoms with Crippen molar-refractivity contribution in [1.82, 2.24) is 4.90 Å². The van der Waals surface area contributed by atoms with Gasteiger partial charge < -0.3 is 4.90 Å². The number of hydrogen-bond acceptors (Lipinski definition) is 2. The fourth-order valence-electron chi connectivity index (χ4n) is 1.46. The number of para-hydroxylation sites is 1. The fourth-order valence-corrected chi connectivity index (χ4v) is 1.46. The molecule has 13 heavy (non-hydrogen) atoms. The zero-order valence-corrected chi connectivity index (χ0v) is 8.07. The predicted molar refractivity (Wildman–Crippen MR) is 55.3 cm³/mol. The highest BCUT2D eigenvalue weighted by Crippen LogP contribution is 2.23. The Balaban J connectivity index is 2.29. The van der Waals surface area contributed by atoms with Crippen molar-refractivity contribution in [2.75, 3.05) is 0 Å². The van der Waals surface area contributed by atoms with Crippen molar-refractivity contribution < 1.29 is 0 Å². The molecule has 68 valence electrons. The molecule has 0 aromatic heterocycles. The third-order valence-corrected chi connectivity index (χ3v) is 2.35. The molecule has 0 fully saturated rings. The Morgan fingerprint density at radius 3 is 2.85 bits per heavy atom. The highest BCUT2D eigenvalue weighted by atomic mass is 15.2. The number of nitrogens with zero attached hydrogens (tertiary/aromatic N) is 2. The quantitative estimate of drug-likeness (QED) is 0.639. The van der Waals surface area contributed by atoms with Gasteiger partial charge in [-0.15, -0.1) is 0 Å². The van der Waals surface area contributed by atoms with E-state index >= 15 is 0 Å². The normalized spacial score (nSPS) is 14.8. The van der Waals surface area contributed by atoms with Gasteiger partial charge in [-0.05, 0) is 25.5 Å². The highest BCUT2D eigenvalue weighted by molar-refractivity contribution is 5.66. The summed E-state index contributed by atoms with van der Waals surface area (Å²) >= 11 is 0. The highest BCUT2D eigenvalue weighted by Gasteiger charge is 2.12. The number of fused-ring (bicyclic) bond motifs is 1. The van der Waals surface area contributed by atoms with Gasteiger partial charge in [0.25, 0.3) is 0 Å². The van der Waals surface area contributed by atoms with Crippen LogP contribution in [-0.2, 0) is 6.54 Å².